The fourth-order valence-electron chi connectivity index (χ4n) is 0.498. The van der Waals surface area contributed by atoms with E-state index in [0.717, 1.165) is 0 Å². The molecule has 2 amide bonds. The van der Waals surface area contributed by atoms with Gasteiger partial charge in [-0.15, -0.1) is 16.1 Å². The third-order valence-electron chi connectivity index (χ3n) is 1.01. The topological polar surface area (TPSA) is 72.9 Å². The second kappa shape index (κ2) is 4.61. The summed E-state index contributed by atoms with van der Waals surface area (Å²) in [5.41, 5.74) is 1.80. The second-order valence-electron chi connectivity index (χ2n) is 1.73. The van der Waals surface area contributed by atoms with Crippen molar-refractivity contribution in [1.29, 1.82) is 0 Å². The number of amides is 2. The predicted molar refractivity (Wildman–Crippen MR) is 35.2 cm³/mol. The van der Waals surface area contributed by atoms with Gasteiger partial charge in [0.25, 0.3) is 11.8 Å². The Bertz CT molecular complexity index is 220. The van der Waals surface area contributed by atoms with Gasteiger partial charge in [0.05, 0.1) is 0 Å². The Morgan fingerprint density at radius 1 is 1.58 bits per heavy atom. The molecule has 0 bridgehead atoms. The average molecular weight is 224 g/mol. The number of carbonyl (C=O) groups is 2. The van der Waals surface area contributed by atoms with Crippen molar-refractivity contribution in [1.82, 2.24) is 15.2 Å². The molecule has 0 aromatic heterocycles. The van der Waals surface area contributed by atoms with E-state index in [1.807, 2.05) is 0 Å². The average Bonchev–Trinajstić information content (AvgIpc) is 1.97. The van der Waals surface area contributed by atoms with Crippen molar-refractivity contribution in [2.24, 2.45) is 0 Å². The van der Waals surface area contributed by atoms with Crippen LogP contribution < -0.4 is 35.0 Å². The number of halogens is 2. The molecule has 1 rings (SSSR count). The summed E-state index contributed by atoms with van der Waals surface area (Å²) in [6, 6.07) is 0. The standard InChI is InChI=1S/C3H3Cl2N3O3.Na.H/c4-1-2(9)6-8(11)7(5)3(1)10;;/h1,11H,(H,6,9);;/q;+1;-1. The minimum absolute atomic E-state index is 0. The summed E-state index contributed by atoms with van der Waals surface area (Å²) >= 11 is 10.4. The molecule has 1 saturated heterocycles. The number of rotatable bonds is 0. The molecular formula is C3H4Cl2N3NaO3. The molecule has 12 heavy (non-hydrogen) atoms. The van der Waals surface area contributed by atoms with Crippen molar-refractivity contribution in [2.75, 3.05) is 0 Å². The Balaban J connectivity index is 0. The first-order chi connectivity index (χ1) is 5.04. The van der Waals surface area contributed by atoms with E-state index in [1.165, 1.54) is 0 Å². The molecule has 1 unspecified atom stereocenters. The first-order valence-corrected chi connectivity index (χ1v) is 3.24. The molecule has 9 heteroatoms. The van der Waals surface area contributed by atoms with Crippen molar-refractivity contribution in [3.63, 3.8) is 0 Å². The van der Waals surface area contributed by atoms with E-state index in [9.17, 15) is 9.59 Å². The van der Waals surface area contributed by atoms with Crippen molar-refractivity contribution in [2.45, 2.75) is 5.38 Å². The van der Waals surface area contributed by atoms with Crippen LogP contribution in [0.1, 0.15) is 1.43 Å². The zero-order valence-corrected chi connectivity index (χ0v) is 9.50. The van der Waals surface area contributed by atoms with Gasteiger partial charge in [-0.1, -0.05) is 0 Å². The van der Waals surface area contributed by atoms with Gasteiger partial charge in [-0.2, -0.15) is 0 Å². The number of alkyl halides is 1. The fourth-order valence-corrected chi connectivity index (χ4v) is 0.825. The van der Waals surface area contributed by atoms with E-state index < -0.39 is 17.2 Å². The molecule has 0 aliphatic carbocycles. The Morgan fingerprint density at radius 3 is 2.58 bits per heavy atom. The first kappa shape index (κ1) is 12.4. The van der Waals surface area contributed by atoms with Gasteiger partial charge in [-0.25, -0.2) is 5.43 Å². The van der Waals surface area contributed by atoms with Gasteiger partial charge in [0.15, 0.2) is 5.38 Å². The summed E-state index contributed by atoms with van der Waals surface area (Å²) in [5, 5.41) is 7.31. The number of hydrogen-bond acceptors (Lipinski definition) is 4. The first-order valence-electron chi connectivity index (χ1n) is 2.47. The fraction of sp³-hybridized carbons (Fsp3) is 0.333. The van der Waals surface area contributed by atoms with Crippen LogP contribution >= 0.6 is 23.4 Å². The van der Waals surface area contributed by atoms with E-state index in [1.54, 1.807) is 5.43 Å². The van der Waals surface area contributed by atoms with Crippen LogP contribution in [0.2, 0.25) is 0 Å². The molecule has 1 aliphatic heterocycles. The molecule has 1 fully saturated rings. The van der Waals surface area contributed by atoms with Gasteiger partial charge in [0.1, 0.15) is 0 Å². The maximum Gasteiger partial charge on any atom is 1.00 e. The summed E-state index contributed by atoms with van der Waals surface area (Å²) in [5.74, 6) is -1.73. The van der Waals surface area contributed by atoms with Crippen molar-refractivity contribution in [3.8, 4) is 0 Å². The smallest absolute Gasteiger partial charge is 1.00 e. The molecule has 0 aromatic rings. The largest absolute Gasteiger partial charge is 1.00 e. The zero-order valence-electron chi connectivity index (χ0n) is 6.99. The molecule has 0 radical (unpaired) electrons. The quantitative estimate of drug-likeness (QED) is 0.192. The van der Waals surface area contributed by atoms with Crippen LogP contribution in [0.15, 0.2) is 0 Å². The summed E-state index contributed by atoms with van der Waals surface area (Å²) in [4.78, 5) is 21.4. The monoisotopic (exact) mass is 223 g/mol. The van der Waals surface area contributed by atoms with Gasteiger partial charge < -0.3 is 1.43 Å². The SMILES string of the molecule is O=C1NN(O)N(Cl)C(=O)C1Cl.[H-].[Na+]. The molecule has 2 N–H and O–H groups in total. The number of nitrogens with zero attached hydrogens (tertiary/aromatic N) is 2. The van der Waals surface area contributed by atoms with Crippen LogP contribution in [-0.4, -0.2) is 32.2 Å². The normalized spacial score (nSPS) is 24.9. The van der Waals surface area contributed by atoms with Crippen LogP contribution in [-0.2, 0) is 9.59 Å². The third-order valence-corrected chi connectivity index (χ3v) is 1.70. The van der Waals surface area contributed by atoms with Gasteiger partial charge in [-0.3, -0.25) is 14.8 Å². The van der Waals surface area contributed by atoms with Crippen molar-refractivity contribution >= 4 is 35.2 Å². The van der Waals surface area contributed by atoms with E-state index in [-0.39, 0.29) is 40.8 Å². The van der Waals surface area contributed by atoms with E-state index in [2.05, 4.69) is 0 Å². The van der Waals surface area contributed by atoms with Crippen molar-refractivity contribution in [3.05, 3.63) is 0 Å². The summed E-state index contributed by atoms with van der Waals surface area (Å²) < 4.78 is 0.263. The number of nitrogens with one attached hydrogen (secondary N) is 1. The van der Waals surface area contributed by atoms with Gasteiger partial charge in [0.2, 0.25) is 0 Å². The number of hydrogen-bond donors (Lipinski definition) is 2. The number of hydrazine groups is 2. The van der Waals surface area contributed by atoms with E-state index >= 15 is 0 Å². The number of carbonyl (C=O) groups excluding carboxylic acids is 2. The molecule has 6 nitrogen and oxygen atoms in total. The molecule has 64 valence electrons. The molecule has 0 saturated carbocycles. The van der Waals surface area contributed by atoms with Crippen LogP contribution in [0.4, 0.5) is 0 Å². The van der Waals surface area contributed by atoms with Gasteiger partial charge in [0, 0.05) is 17.1 Å². The zero-order chi connectivity index (χ0) is 8.59. The van der Waals surface area contributed by atoms with E-state index in [4.69, 9.17) is 28.6 Å². The molecular weight excluding hydrogens is 220 g/mol. The molecule has 1 atom stereocenters. The summed E-state index contributed by atoms with van der Waals surface area (Å²) in [6.45, 7) is 0. The maximum absolute atomic E-state index is 10.7. The van der Waals surface area contributed by atoms with Crippen molar-refractivity contribution < 1.29 is 45.8 Å². The van der Waals surface area contributed by atoms with Crippen LogP contribution in [0.5, 0.6) is 0 Å². The Labute approximate surface area is 101 Å². The molecule has 1 aliphatic rings. The summed E-state index contributed by atoms with van der Waals surface area (Å²) in [7, 11) is 0. The minimum atomic E-state index is -1.39. The Kier molecular flexibility index (Phi) is 4.78. The predicted octanol–water partition coefficient (Wildman–Crippen LogP) is -3.66. The molecule has 0 spiro atoms. The van der Waals surface area contributed by atoms with Crippen LogP contribution in [0, 0.1) is 0 Å². The summed E-state index contributed by atoms with van der Waals surface area (Å²) in [6.07, 6.45) is 0. The second-order valence-corrected chi connectivity index (χ2v) is 2.48. The van der Waals surface area contributed by atoms with Gasteiger partial charge >= 0.3 is 29.6 Å². The minimum Gasteiger partial charge on any atom is -1.00 e. The maximum atomic E-state index is 10.7. The Hall–Kier alpha value is 0.440. The molecule has 0 aromatic carbocycles. The van der Waals surface area contributed by atoms with Crippen LogP contribution in [0.3, 0.4) is 0 Å². The van der Waals surface area contributed by atoms with E-state index in [0.29, 0.717) is 0 Å². The Morgan fingerprint density at radius 2 is 2.08 bits per heavy atom. The van der Waals surface area contributed by atoms with Crippen LogP contribution in [0.25, 0.3) is 0 Å². The van der Waals surface area contributed by atoms with Gasteiger partial charge in [-0.05, 0) is 0 Å². The third kappa shape index (κ3) is 2.23. The molecule has 1 heterocycles.